The molecule has 3 rings (SSSR count). The quantitative estimate of drug-likeness (QED) is 0.632. The van der Waals surface area contributed by atoms with Crippen molar-refractivity contribution in [1.29, 1.82) is 0 Å². The molecule has 1 unspecified atom stereocenters. The van der Waals surface area contributed by atoms with Gasteiger partial charge in [-0.3, -0.25) is 4.98 Å². The van der Waals surface area contributed by atoms with Crippen molar-refractivity contribution in [1.82, 2.24) is 10.3 Å². The fourth-order valence-electron chi connectivity index (χ4n) is 2.75. The first-order valence-corrected chi connectivity index (χ1v) is 8.65. The number of aromatic nitrogens is 1. The zero-order chi connectivity index (χ0) is 16.8. The fourth-order valence-corrected chi connectivity index (χ4v) is 2.97. The Bertz CT molecular complexity index is 772. The SMILES string of the molecule is CC(NCc1cc(Cc2cccnc2)ccc1S)c1ccccc1. The van der Waals surface area contributed by atoms with Crippen molar-refractivity contribution < 1.29 is 0 Å². The monoisotopic (exact) mass is 334 g/mol. The largest absolute Gasteiger partial charge is 0.306 e. The van der Waals surface area contributed by atoms with Crippen LogP contribution in [0.1, 0.15) is 35.2 Å². The van der Waals surface area contributed by atoms with Crippen LogP contribution in [-0.4, -0.2) is 4.98 Å². The van der Waals surface area contributed by atoms with Gasteiger partial charge in [0.2, 0.25) is 0 Å². The van der Waals surface area contributed by atoms with Crippen LogP contribution in [0.5, 0.6) is 0 Å². The zero-order valence-corrected chi connectivity index (χ0v) is 14.7. The van der Waals surface area contributed by atoms with Crippen LogP contribution in [-0.2, 0) is 13.0 Å². The first-order chi connectivity index (χ1) is 11.7. The van der Waals surface area contributed by atoms with E-state index in [4.69, 9.17) is 0 Å². The smallest absolute Gasteiger partial charge is 0.0303 e. The lowest BCUT2D eigenvalue weighted by Crippen LogP contribution is -2.18. The fraction of sp³-hybridized carbons (Fsp3) is 0.190. The first kappa shape index (κ1) is 16.7. The molecule has 0 amide bonds. The summed E-state index contributed by atoms with van der Waals surface area (Å²) in [7, 11) is 0. The lowest BCUT2D eigenvalue weighted by Gasteiger charge is -2.16. The molecule has 0 fully saturated rings. The normalized spacial score (nSPS) is 12.1. The molecule has 24 heavy (non-hydrogen) atoms. The van der Waals surface area contributed by atoms with Crippen molar-refractivity contribution >= 4 is 12.6 Å². The summed E-state index contributed by atoms with van der Waals surface area (Å²) in [5, 5.41) is 3.59. The highest BCUT2D eigenvalue weighted by atomic mass is 32.1. The molecule has 2 aromatic carbocycles. The third-order valence-corrected chi connectivity index (χ3v) is 4.61. The van der Waals surface area contributed by atoms with E-state index >= 15 is 0 Å². The van der Waals surface area contributed by atoms with E-state index in [2.05, 4.69) is 78.4 Å². The van der Waals surface area contributed by atoms with Crippen molar-refractivity contribution in [3.05, 3.63) is 95.3 Å². The predicted octanol–water partition coefficient (Wildman–Crippen LogP) is 4.81. The van der Waals surface area contributed by atoms with E-state index in [-0.39, 0.29) is 0 Å². The van der Waals surface area contributed by atoms with Gasteiger partial charge >= 0.3 is 0 Å². The summed E-state index contributed by atoms with van der Waals surface area (Å²) in [5.74, 6) is 0. The number of hydrogen-bond donors (Lipinski definition) is 2. The van der Waals surface area contributed by atoms with E-state index in [0.717, 1.165) is 17.9 Å². The molecule has 0 saturated carbocycles. The molecule has 0 radical (unpaired) electrons. The molecule has 0 bridgehead atoms. The average Bonchev–Trinajstić information content (AvgIpc) is 2.63. The number of benzene rings is 2. The predicted molar refractivity (Wildman–Crippen MR) is 102 cm³/mol. The number of rotatable bonds is 6. The van der Waals surface area contributed by atoms with Gasteiger partial charge in [-0.25, -0.2) is 0 Å². The molecule has 0 aliphatic carbocycles. The maximum Gasteiger partial charge on any atom is 0.0303 e. The number of nitrogens with zero attached hydrogens (tertiary/aromatic N) is 1. The Kier molecular flexibility index (Phi) is 5.68. The number of thiol groups is 1. The van der Waals surface area contributed by atoms with Crippen LogP contribution in [0, 0.1) is 0 Å². The Labute approximate surface area is 149 Å². The van der Waals surface area contributed by atoms with Gasteiger partial charge in [-0.2, -0.15) is 0 Å². The summed E-state index contributed by atoms with van der Waals surface area (Å²) in [6.45, 7) is 2.99. The van der Waals surface area contributed by atoms with Crippen molar-refractivity contribution in [3.8, 4) is 0 Å². The molecule has 1 heterocycles. The third kappa shape index (κ3) is 4.47. The summed E-state index contributed by atoms with van der Waals surface area (Å²) in [5.41, 5.74) is 5.03. The summed E-state index contributed by atoms with van der Waals surface area (Å²) in [6.07, 6.45) is 4.62. The Morgan fingerprint density at radius 2 is 1.83 bits per heavy atom. The van der Waals surface area contributed by atoms with Crippen molar-refractivity contribution in [2.45, 2.75) is 30.8 Å². The average molecular weight is 334 g/mol. The van der Waals surface area contributed by atoms with Crippen LogP contribution < -0.4 is 5.32 Å². The highest BCUT2D eigenvalue weighted by Crippen LogP contribution is 2.20. The minimum atomic E-state index is 0.306. The second kappa shape index (κ2) is 8.13. The highest BCUT2D eigenvalue weighted by Gasteiger charge is 2.07. The van der Waals surface area contributed by atoms with Gasteiger partial charge in [0.15, 0.2) is 0 Å². The molecule has 1 N–H and O–H groups in total. The number of nitrogens with one attached hydrogen (secondary N) is 1. The standard InChI is InChI=1S/C21H22N2S/c1-16(19-7-3-2-4-8-19)23-15-20-13-17(9-10-21(20)24)12-18-6-5-11-22-14-18/h2-11,13-14,16,23-24H,12,15H2,1H3. The summed E-state index contributed by atoms with van der Waals surface area (Å²) < 4.78 is 0. The lowest BCUT2D eigenvalue weighted by molar-refractivity contribution is 0.570. The minimum absolute atomic E-state index is 0.306. The summed E-state index contributed by atoms with van der Waals surface area (Å²) >= 11 is 4.61. The topological polar surface area (TPSA) is 24.9 Å². The maximum atomic E-state index is 4.61. The van der Waals surface area contributed by atoms with E-state index in [1.54, 1.807) is 6.20 Å². The lowest BCUT2D eigenvalue weighted by atomic mass is 10.0. The van der Waals surface area contributed by atoms with Gasteiger partial charge in [0.25, 0.3) is 0 Å². The van der Waals surface area contributed by atoms with Crippen LogP contribution in [0.2, 0.25) is 0 Å². The van der Waals surface area contributed by atoms with Crippen molar-refractivity contribution in [3.63, 3.8) is 0 Å². The van der Waals surface area contributed by atoms with Crippen molar-refractivity contribution in [2.75, 3.05) is 0 Å². The van der Waals surface area contributed by atoms with E-state index < -0.39 is 0 Å². The molecule has 122 valence electrons. The molecule has 3 heteroatoms. The second-order valence-corrected chi connectivity index (χ2v) is 6.50. The van der Waals surface area contributed by atoms with E-state index in [1.807, 2.05) is 18.3 Å². The third-order valence-electron chi connectivity index (χ3n) is 4.17. The molecule has 0 aliphatic rings. The Morgan fingerprint density at radius 3 is 2.58 bits per heavy atom. The number of pyridine rings is 1. The van der Waals surface area contributed by atoms with Gasteiger partial charge in [0, 0.05) is 29.9 Å². The van der Waals surface area contributed by atoms with Crippen LogP contribution >= 0.6 is 12.6 Å². The minimum Gasteiger partial charge on any atom is -0.306 e. The maximum absolute atomic E-state index is 4.61. The van der Waals surface area contributed by atoms with Crippen LogP contribution in [0.3, 0.4) is 0 Å². The Balaban J connectivity index is 1.68. The van der Waals surface area contributed by atoms with Gasteiger partial charge in [-0.05, 0) is 47.7 Å². The van der Waals surface area contributed by atoms with Gasteiger partial charge in [0.1, 0.15) is 0 Å². The summed E-state index contributed by atoms with van der Waals surface area (Å²) in [6, 6.07) is 21.3. The van der Waals surface area contributed by atoms with Crippen LogP contribution in [0.15, 0.2) is 78.0 Å². The Morgan fingerprint density at radius 1 is 1.00 bits per heavy atom. The second-order valence-electron chi connectivity index (χ2n) is 6.01. The molecule has 3 aromatic rings. The van der Waals surface area contributed by atoms with Gasteiger partial charge < -0.3 is 5.32 Å². The molecule has 0 saturated heterocycles. The van der Waals surface area contributed by atoms with E-state index in [9.17, 15) is 0 Å². The van der Waals surface area contributed by atoms with Gasteiger partial charge in [0.05, 0.1) is 0 Å². The summed E-state index contributed by atoms with van der Waals surface area (Å²) in [4.78, 5) is 5.21. The zero-order valence-electron chi connectivity index (χ0n) is 13.8. The number of hydrogen-bond acceptors (Lipinski definition) is 3. The Hall–Kier alpha value is -2.10. The molecular formula is C21H22N2S. The molecule has 2 nitrogen and oxygen atoms in total. The molecule has 1 aromatic heterocycles. The molecule has 0 spiro atoms. The highest BCUT2D eigenvalue weighted by molar-refractivity contribution is 7.80. The van der Waals surface area contributed by atoms with Gasteiger partial charge in [-0.1, -0.05) is 48.5 Å². The van der Waals surface area contributed by atoms with Crippen molar-refractivity contribution in [2.24, 2.45) is 0 Å². The van der Waals surface area contributed by atoms with E-state index in [0.29, 0.717) is 6.04 Å². The van der Waals surface area contributed by atoms with E-state index in [1.165, 1.54) is 22.3 Å². The molecule has 0 aliphatic heterocycles. The van der Waals surface area contributed by atoms with Crippen LogP contribution in [0.25, 0.3) is 0 Å². The molecule has 1 atom stereocenters. The molecular weight excluding hydrogens is 312 g/mol. The first-order valence-electron chi connectivity index (χ1n) is 8.20. The van der Waals surface area contributed by atoms with Gasteiger partial charge in [-0.15, -0.1) is 12.6 Å². The van der Waals surface area contributed by atoms with Crippen LogP contribution in [0.4, 0.5) is 0 Å².